The molecule has 1 aliphatic heterocycles. The van der Waals surface area contributed by atoms with Crippen LogP contribution in [0.2, 0.25) is 0 Å². The van der Waals surface area contributed by atoms with E-state index in [0.29, 0.717) is 0 Å². The minimum absolute atomic E-state index is 0. The van der Waals surface area contributed by atoms with E-state index in [0.717, 1.165) is 57.6 Å². The van der Waals surface area contributed by atoms with Crippen LogP contribution >= 0.6 is 24.0 Å². The van der Waals surface area contributed by atoms with Crippen LogP contribution in [0.5, 0.6) is 0 Å². The van der Waals surface area contributed by atoms with Gasteiger partial charge in [0.25, 0.3) is 0 Å². The van der Waals surface area contributed by atoms with Gasteiger partial charge in [-0.1, -0.05) is 13.8 Å². The summed E-state index contributed by atoms with van der Waals surface area (Å²) < 4.78 is 0. The van der Waals surface area contributed by atoms with E-state index in [4.69, 9.17) is 0 Å². The maximum atomic E-state index is 4.47. The van der Waals surface area contributed by atoms with Crippen molar-refractivity contribution in [2.75, 3.05) is 64.3 Å². The van der Waals surface area contributed by atoms with Gasteiger partial charge in [0.05, 0.1) is 0 Å². The number of aromatic nitrogens is 2. The molecule has 0 spiro atoms. The molecule has 0 radical (unpaired) electrons. The predicted octanol–water partition coefficient (Wildman–Crippen LogP) is 2.30. The predicted molar refractivity (Wildman–Crippen MR) is 124 cm³/mol. The number of piperazine rings is 1. The third-order valence-electron chi connectivity index (χ3n) is 4.64. The molecule has 2 rings (SSSR count). The molecule has 7 nitrogen and oxygen atoms in total. The molecule has 0 bridgehead atoms. The van der Waals surface area contributed by atoms with Gasteiger partial charge in [-0.15, -0.1) is 24.0 Å². The van der Waals surface area contributed by atoms with Crippen LogP contribution in [0, 0.1) is 0 Å². The van der Waals surface area contributed by atoms with Crippen molar-refractivity contribution in [1.29, 1.82) is 0 Å². The number of hydrogen-bond donors (Lipinski definition) is 1. The Balaban J connectivity index is 0.00000364. The van der Waals surface area contributed by atoms with Crippen molar-refractivity contribution in [2.24, 2.45) is 4.99 Å². The molecule has 1 aliphatic rings. The van der Waals surface area contributed by atoms with Crippen molar-refractivity contribution >= 4 is 35.9 Å². The van der Waals surface area contributed by atoms with Gasteiger partial charge in [-0.25, -0.2) is 9.97 Å². The van der Waals surface area contributed by atoms with Crippen molar-refractivity contribution < 1.29 is 0 Å². The second kappa shape index (κ2) is 13.9. The number of aliphatic imine (C=N–C) groups is 1. The Morgan fingerprint density at radius 3 is 2.26 bits per heavy atom. The Morgan fingerprint density at radius 1 is 1.07 bits per heavy atom. The number of hydrogen-bond acceptors (Lipinski definition) is 5. The first-order valence-electron chi connectivity index (χ1n) is 9.98. The van der Waals surface area contributed by atoms with Crippen LogP contribution < -0.4 is 10.2 Å². The van der Waals surface area contributed by atoms with Gasteiger partial charge < -0.3 is 20.0 Å². The molecule has 2 heterocycles. The SMILES string of the molecule is CCCN(CCC)CCCNC(=NC)N1CCN(c2ncccn2)CC1.I. The highest BCUT2D eigenvalue weighted by Crippen LogP contribution is 2.09. The van der Waals surface area contributed by atoms with E-state index >= 15 is 0 Å². The average molecular weight is 489 g/mol. The smallest absolute Gasteiger partial charge is 0.225 e. The van der Waals surface area contributed by atoms with Gasteiger partial charge >= 0.3 is 0 Å². The minimum Gasteiger partial charge on any atom is -0.356 e. The van der Waals surface area contributed by atoms with Gasteiger partial charge in [-0.2, -0.15) is 0 Å². The largest absolute Gasteiger partial charge is 0.356 e. The van der Waals surface area contributed by atoms with Crippen LogP contribution in [0.25, 0.3) is 0 Å². The number of guanidine groups is 1. The molecule has 0 aliphatic carbocycles. The van der Waals surface area contributed by atoms with E-state index in [2.05, 4.69) is 48.8 Å². The molecule has 0 atom stereocenters. The highest BCUT2D eigenvalue weighted by Gasteiger charge is 2.20. The molecule has 0 unspecified atom stereocenters. The van der Waals surface area contributed by atoms with Crippen LogP contribution in [0.4, 0.5) is 5.95 Å². The van der Waals surface area contributed by atoms with E-state index in [-0.39, 0.29) is 24.0 Å². The zero-order chi connectivity index (χ0) is 18.6. The fourth-order valence-corrected chi connectivity index (χ4v) is 3.38. The summed E-state index contributed by atoms with van der Waals surface area (Å²) >= 11 is 0. The summed E-state index contributed by atoms with van der Waals surface area (Å²) in [5, 5.41) is 3.53. The van der Waals surface area contributed by atoms with Crippen LogP contribution in [0.3, 0.4) is 0 Å². The summed E-state index contributed by atoms with van der Waals surface area (Å²) in [6.45, 7) is 12.8. The van der Waals surface area contributed by atoms with Crippen LogP contribution in [0.15, 0.2) is 23.5 Å². The molecule has 0 amide bonds. The lowest BCUT2D eigenvalue weighted by atomic mass is 10.3. The molecular formula is C19H36IN7. The fraction of sp³-hybridized carbons (Fsp3) is 0.737. The second-order valence-electron chi connectivity index (χ2n) is 6.69. The molecule has 154 valence electrons. The maximum Gasteiger partial charge on any atom is 0.225 e. The number of nitrogens with one attached hydrogen (secondary N) is 1. The Labute approximate surface area is 181 Å². The highest BCUT2D eigenvalue weighted by molar-refractivity contribution is 14.0. The van der Waals surface area contributed by atoms with Crippen molar-refractivity contribution in [3.05, 3.63) is 18.5 Å². The van der Waals surface area contributed by atoms with Crippen molar-refractivity contribution in [3.8, 4) is 0 Å². The van der Waals surface area contributed by atoms with Crippen molar-refractivity contribution in [3.63, 3.8) is 0 Å². The highest BCUT2D eigenvalue weighted by atomic mass is 127. The van der Waals surface area contributed by atoms with E-state index < -0.39 is 0 Å². The summed E-state index contributed by atoms with van der Waals surface area (Å²) in [4.78, 5) is 20.3. The Kier molecular flexibility index (Phi) is 12.3. The number of anilines is 1. The molecule has 27 heavy (non-hydrogen) atoms. The topological polar surface area (TPSA) is 59.9 Å². The maximum absolute atomic E-state index is 4.47. The van der Waals surface area contributed by atoms with Crippen LogP contribution in [-0.4, -0.2) is 85.1 Å². The molecule has 0 saturated carbocycles. The molecule has 1 N–H and O–H groups in total. The van der Waals surface area contributed by atoms with Crippen molar-refractivity contribution in [1.82, 2.24) is 25.1 Å². The lowest BCUT2D eigenvalue weighted by molar-refractivity contribution is 0.271. The van der Waals surface area contributed by atoms with Gasteiger partial charge in [0, 0.05) is 52.2 Å². The first-order chi connectivity index (χ1) is 12.8. The molecule has 1 aromatic rings. The lowest BCUT2D eigenvalue weighted by Gasteiger charge is -2.36. The molecule has 1 aromatic heterocycles. The van der Waals surface area contributed by atoms with Gasteiger partial charge in [-0.3, -0.25) is 4.99 Å². The average Bonchev–Trinajstić information content (AvgIpc) is 2.69. The zero-order valence-corrected chi connectivity index (χ0v) is 19.4. The monoisotopic (exact) mass is 489 g/mol. The van der Waals surface area contributed by atoms with Gasteiger partial charge in [-0.05, 0) is 45.0 Å². The second-order valence-corrected chi connectivity index (χ2v) is 6.69. The summed E-state index contributed by atoms with van der Waals surface area (Å²) in [5.74, 6) is 1.83. The number of halogens is 1. The Bertz CT molecular complexity index is 512. The normalized spacial score (nSPS) is 15.0. The molecular weight excluding hydrogens is 453 g/mol. The Hall–Kier alpha value is -1.16. The van der Waals surface area contributed by atoms with Crippen LogP contribution in [-0.2, 0) is 0 Å². The molecule has 1 saturated heterocycles. The van der Waals surface area contributed by atoms with Crippen LogP contribution in [0.1, 0.15) is 33.1 Å². The molecule has 0 aromatic carbocycles. The standard InChI is InChI=1S/C19H35N7.HI/c1-4-11-24(12-5-2)13-7-10-21-18(20-3)25-14-16-26(17-15-25)19-22-8-6-9-23-19;/h6,8-9H,4-5,7,10-17H2,1-3H3,(H,20,21);1H. The quantitative estimate of drug-likeness (QED) is 0.249. The fourth-order valence-electron chi connectivity index (χ4n) is 3.38. The lowest BCUT2D eigenvalue weighted by Crippen LogP contribution is -2.53. The van der Waals surface area contributed by atoms with E-state index in [1.165, 1.54) is 25.9 Å². The summed E-state index contributed by atoms with van der Waals surface area (Å²) in [7, 11) is 1.87. The third-order valence-corrected chi connectivity index (χ3v) is 4.64. The van der Waals surface area contributed by atoms with E-state index in [1.54, 1.807) is 12.4 Å². The zero-order valence-electron chi connectivity index (χ0n) is 17.1. The third kappa shape index (κ3) is 8.16. The Morgan fingerprint density at radius 2 is 1.70 bits per heavy atom. The van der Waals surface area contributed by atoms with Gasteiger partial charge in [0.2, 0.25) is 5.95 Å². The molecule has 1 fully saturated rings. The molecule has 8 heteroatoms. The van der Waals surface area contributed by atoms with Gasteiger partial charge in [0.1, 0.15) is 0 Å². The summed E-state index contributed by atoms with van der Waals surface area (Å²) in [5.41, 5.74) is 0. The summed E-state index contributed by atoms with van der Waals surface area (Å²) in [6.07, 6.45) is 7.21. The first-order valence-corrected chi connectivity index (χ1v) is 9.98. The van der Waals surface area contributed by atoms with E-state index in [9.17, 15) is 0 Å². The van der Waals surface area contributed by atoms with Crippen molar-refractivity contribution in [2.45, 2.75) is 33.1 Å². The summed E-state index contributed by atoms with van der Waals surface area (Å²) in [6, 6.07) is 1.85. The van der Waals surface area contributed by atoms with E-state index in [1.807, 2.05) is 13.1 Å². The number of rotatable bonds is 9. The van der Waals surface area contributed by atoms with Gasteiger partial charge in [0.15, 0.2) is 5.96 Å². The minimum atomic E-state index is 0. The number of nitrogens with zero attached hydrogens (tertiary/aromatic N) is 6. The first kappa shape index (κ1) is 23.9.